The lowest BCUT2D eigenvalue weighted by Gasteiger charge is -2.38. The first-order valence-electron chi connectivity index (χ1n) is 4.95. The summed E-state index contributed by atoms with van der Waals surface area (Å²) in [6.07, 6.45) is 1.30. The molecule has 0 aliphatic carbocycles. The molecule has 0 bridgehead atoms. The van der Waals surface area contributed by atoms with Crippen LogP contribution in [-0.2, 0) is 4.75 Å². The summed E-state index contributed by atoms with van der Waals surface area (Å²) in [5, 5.41) is 0. The second kappa shape index (κ2) is 3.50. The van der Waals surface area contributed by atoms with Crippen LogP contribution >= 0.6 is 11.8 Å². The SMILES string of the molecule is COc1ccc(C2(C)CCS2)cc1C. The lowest BCUT2D eigenvalue weighted by Crippen LogP contribution is -2.27. The lowest BCUT2D eigenvalue weighted by molar-refractivity contribution is 0.411. The van der Waals surface area contributed by atoms with E-state index >= 15 is 0 Å². The predicted octanol–water partition coefficient (Wildman–Crippen LogP) is 3.36. The average Bonchev–Trinajstić information content (AvgIpc) is 2.14. The molecule has 1 saturated heterocycles. The number of benzene rings is 1. The molecule has 1 nitrogen and oxygen atoms in total. The van der Waals surface area contributed by atoms with Crippen LogP contribution in [0.4, 0.5) is 0 Å². The van der Waals surface area contributed by atoms with E-state index in [1.54, 1.807) is 7.11 Å². The Morgan fingerprint density at radius 3 is 2.57 bits per heavy atom. The van der Waals surface area contributed by atoms with E-state index in [9.17, 15) is 0 Å². The van der Waals surface area contributed by atoms with Gasteiger partial charge >= 0.3 is 0 Å². The largest absolute Gasteiger partial charge is 0.496 e. The average molecular weight is 208 g/mol. The van der Waals surface area contributed by atoms with Gasteiger partial charge in [0.05, 0.1) is 7.11 Å². The summed E-state index contributed by atoms with van der Waals surface area (Å²) >= 11 is 2.04. The fourth-order valence-corrected chi connectivity index (χ4v) is 2.95. The van der Waals surface area contributed by atoms with Gasteiger partial charge in [0.2, 0.25) is 0 Å². The molecule has 0 saturated carbocycles. The predicted molar refractivity (Wildman–Crippen MR) is 62.2 cm³/mol. The van der Waals surface area contributed by atoms with Crippen LogP contribution < -0.4 is 4.74 Å². The Morgan fingerprint density at radius 1 is 1.43 bits per heavy atom. The first-order valence-corrected chi connectivity index (χ1v) is 5.93. The highest BCUT2D eigenvalue weighted by atomic mass is 32.2. The summed E-state index contributed by atoms with van der Waals surface area (Å²) in [6, 6.07) is 6.53. The van der Waals surface area contributed by atoms with Crippen molar-refractivity contribution in [1.82, 2.24) is 0 Å². The van der Waals surface area contributed by atoms with Gasteiger partial charge in [-0.25, -0.2) is 0 Å². The van der Waals surface area contributed by atoms with E-state index in [-0.39, 0.29) is 0 Å². The number of rotatable bonds is 2. The summed E-state index contributed by atoms with van der Waals surface area (Å²) in [4.78, 5) is 0. The topological polar surface area (TPSA) is 9.23 Å². The van der Waals surface area contributed by atoms with E-state index in [1.165, 1.54) is 23.3 Å². The molecule has 1 atom stereocenters. The molecule has 1 aromatic carbocycles. The van der Waals surface area contributed by atoms with Crippen LogP contribution in [-0.4, -0.2) is 12.9 Å². The quantitative estimate of drug-likeness (QED) is 0.737. The van der Waals surface area contributed by atoms with E-state index in [2.05, 4.69) is 32.0 Å². The van der Waals surface area contributed by atoms with E-state index in [0.29, 0.717) is 4.75 Å². The van der Waals surface area contributed by atoms with Crippen LogP contribution in [0.25, 0.3) is 0 Å². The van der Waals surface area contributed by atoms with Crippen LogP contribution in [0, 0.1) is 6.92 Å². The highest BCUT2D eigenvalue weighted by Crippen LogP contribution is 2.49. The van der Waals surface area contributed by atoms with Crippen molar-refractivity contribution in [3.05, 3.63) is 29.3 Å². The summed E-state index contributed by atoms with van der Waals surface area (Å²) in [6.45, 7) is 4.43. The van der Waals surface area contributed by atoms with Crippen molar-refractivity contribution in [3.63, 3.8) is 0 Å². The van der Waals surface area contributed by atoms with Gasteiger partial charge in [0.15, 0.2) is 0 Å². The van der Waals surface area contributed by atoms with Gasteiger partial charge < -0.3 is 4.74 Å². The standard InChI is InChI=1S/C12H16OS/c1-9-8-10(4-5-11(9)13-3)12(2)6-7-14-12/h4-5,8H,6-7H2,1-3H3. The molecule has 14 heavy (non-hydrogen) atoms. The Balaban J connectivity index is 2.32. The van der Waals surface area contributed by atoms with Gasteiger partial charge in [-0.1, -0.05) is 12.1 Å². The normalized spacial score (nSPS) is 25.6. The zero-order valence-corrected chi connectivity index (χ0v) is 9.78. The van der Waals surface area contributed by atoms with Crippen molar-refractivity contribution in [2.45, 2.75) is 25.0 Å². The molecule has 1 aromatic rings. The number of aryl methyl sites for hydroxylation is 1. The fourth-order valence-electron chi connectivity index (χ4n) is 1.84. The maximum absolute atomic E-state index is 5.26. The molecule has 0 amide bonds. The van der Waals surface area contributed by atoms with Gasteiger partial charge in [0.1, 0.15) is 5.75 Å². The molecule has 0 aromatic heterocycles. The molecule has 1 unspecified atom stereocenters. The van der Waals surface area contributed by atoms with E-state index in [0.717, 1.165) is 5.75 Å². The maximum Gasteiger partial charge on any atom is 0.121 e. The van der Waals surface area contributed by atoms with Gasteiger partial charge in [0.25, 0.3) is 0 Å². The first-order chi connectivity index (χ1) is 6.65. The van der Waals surface area contributed by atoms with Crippen molar-refractivity contribution >= 4 is 11.8 Å². The third kappa shape index (κ3) is 1.52. The van der Waals surface area contributed by atoms with Crippen molar-refractivity contribution in [3.8, 4) is 5.75 Å². The number of methoxy groups -OCH3 is 1. The molecule has 1 aliphatic heterocycles. The molecule has 76 valence electrons. The van der Waals surface area contributed by atoms with Crippen LogP contribution in [0.2, 0.25) is 0 Å². The molecule has 2 heteroatoms. The van der Waals surface area contributed by atoms with Crippen molar-refractivity contribution in [2.75, 3.05) is 12.9 Å². The van der Waals surface area contributed by atoms with Crippen LogP contribution in [0.15, 0.2) is 18.2 Å². The zero-order chi connectivity index (χ0) is 10.2. The van der Waals surface area contributed by atoms with Crippen LogP contribution in [0.1, 0.15) is 24.5 Å². The summed E-state index contributed by atoms with van der Waals surface area (Å²) in [5.74, 6) is 2.28. The monoisotopic (exact) mass is 208 g/mol. The maximum atomic E-state index is 5.26. The van der Waals surface area contributed by atoms with Gasteiger partial charge in [-0.3, -0.25) is 0 Å². The molecule has 0 N–H and O–H groups in total. The highest BCUT2D eigenvalue weighted by molar-refractivity contribution is 8.01. The molecule has 0 spiro atoms. The second-order valence-electron chi connectivity index (χ2n) is 4.01. The summed E-state index contributed by atoms with van der Waals surface area (Å²) in [5.41, 5.74) is 2.67. The van der Waals surface area contributed by atoms with Gasteiger partial charge in [0, 0.05) is 4.75 Å². The van der Waals surface area contributed by atoms with Gasteiger partial charge in [-0.15, -0.1) is 0 Å². The van der Waals surface area contributed by atoms with E-state index in [4.69, 9.17) is 4.74 Å². The zero-order valence-electron chi connectivity index (χ0n) is 8.96. The smallest absolute Gasteiger partial charge is 0.121 e. The number of thioether (sulfide) groups is 1. The fraction of sp³-hybridized carbons (Fsp3) is 0.500. The van der Waals surface area contributed by atoms with E-state index < -0.39 is 0 Å². The third-order valence-corrected chi connectivity index (χ3v) is 4.49. The van der Waals surface area contributed by atoms with Crippen molar-refractivity contribution in [1.29, 1.82) is 0 Å². The Bertz CT molecular complexity index is 342. The van der Waals surface area contributed by atoms with E-state index in [1.807, 2.05) is 11.8 Å². The Labute approximate surface area is 89.9 Å². The van der Waals surface area contributed by atoms with Crippen molar-refractivity contribution in [2.24, 2.45) is 0 Å². The first kappa shape index (κ1) is 9.91. The molecule has 2 rings (SSSR count). The summed E-state index contributed by atoms with van der Waals surface area (Å²) in [7, 11) is 1.72. The minimum absolute atomic E-state index is 0.358. The Kier molecular flexibility index (Phi) is 2.48. The number of hydrogen-bond donors (Lipinski definition) is 0. The Morgan fingerprint density at radius 2 is 2.14 bits per heavy atom. The summed E-state index contributed by atoms with van der Waals surface area (Å²) < 4.78 is 5.62. The van der Waals surface area contributed by atoms with Gasteiger partial charge in [-0.05, 0) is 43.2 Å². The van der Waals surface area contributed by atoms with Crippen molar-refractivity contribution < 1.29 is 4.74 Å². The molecule has 0 radical (unpaired) electrons. The number of ether oxygens (including phenoxy) is 1. The van der Waals surface area contributed by atoms with Gasteiger partial charge in [-0.2, -0.15) is 11.8 Å². The second-order valence-corrected chi connectivity index (χ2v) is 5.61. The molecule has 1 aliphatic rings. The third-order valence-electron chi connectivity index (χ3n) is 3.01. The highest BCUT2D eigenvalue weighted by Gasteiger charge is 2.34. The van der Waals surface area contributed by atoms with Crippen LogP contribution in [0.5, 0.6) is 5.75 Å². The molecule has 1 heterocycles. The Hall–Kier alpha value is -0.630. The number of hydrogen-bond acceptors (Lipinski definition) is 2. The van der Waals surface area contributed by atoms with Crippen LogP contribution in [0.3, 0.4) is 0 Å². The molecule has 1 fully saturated rings. The lowest BCUT2D eigenvalue weighted by atomic mass is 9.95. The minimum Gasteiger partial charge on any atom is -0.496 e. The molecular formula is C12H16OS. The minimum atomic E-state index is 0.358. The molecular weight excluding hydrogens is 192 g/mol.